The Balaban J connectivity index is 2.80. The molecule has 1 heterocycles. The van der Waals surface area contributed by atoms with Crippen molar-refractivity contribution >= 4 is 11.7 Å². The van der Waals surface area contributed by atoms with Crippen molar-refractivity contribution in [1.29, 1.82) is 0 Å². The van der Waals surface area contributed by atoms with Crippen LogP contribution in [0.2, 0.25) is 0 Å². The summed E-state index contributed by atoms with van der Waals surface area (Å²) in [5.74, 6) is -0.448. The molecule has 0 atom stereocenters. The molecule has 19 heavy (non-hydrogen) atoms. The molecule has 0 unspecified atom stereocenters. The molecule has 0 saturated heterocycles. The third-order valence-corrected chi connectivity index (χ3v) is 2.73. The molecule has 1 aromatic rings. The largest absolute Gasteiger partial charge is 0.477 e. The van der Waals surface area contributed by atoms with E-state index in [1.54, 1.807) is 12.3 Å². The summed E-state index contributed by atoms with van der Waals surface area (Å²) in [5.41, 5.74) is 1.06. The minimum absolute atomic E-state index is 0.0841. The maximum atomic E-state index is 10.8. The molecule has 1 N–H and O–H groups in total. The zero-order valence-electron chi connectivity index (χ0n) is 12.1. The minimum atomic E-state index is -0.991. The standard InChI is InChI=1S/C14H23N3O2/c1-11(2)10-17(8-7-16(3)4)12-5-6-13(14(18)19)15-9-12/h5-6,9,11H,7-8,10H2,1-4H3,(H,18,19). The van der Waals surface area contributed by atoms with Crippen molar-refractivity contribution < 1.29 is 9.90 Å². The van der Waals surface area contributed by atoms with Gasteiger partial charge in [-0.25, -0.2) is 9.78 Å². The number of hydrogen-bond donors (Lipinski definition) is 1. The number of likely N-dealkylation sites (N-methyl/N-ethyl adjacent to an activating group) is 1. The molecule has 1 aromatic heterocycles. The van der Waals surface area contributed by atoms with E-state index in [9.17, 15) is 4.79 Å². The zero-order valence-corrected chi connectivity index (χ0v) is 12.1. The van der Waals surface area contributed by atoms with Gasteiger partial charge in [0.2, 0.25) is 0 Å². The van der Waals surface area contributed by atoms with Gasteiger partial charge in [-0.1, -0.05) is 13.8 Å². The maximum Gasteiger partial charge on any atom is 0.354 e. The van der Waals surface area contributed by atoms with E-state index in [0.29, 0.717) is 5.92 Å². The van der Waals surface area contributed by atoms with Gasteiger partial charge in [-0.3, -0.25) is 0 Å². The van der Waals surface area contributed by atoms with Gasteiger partial charge < -0.3 is 14.9 Å². The molecule has 0 aliphatic rings. The van der Waals surface area contributed by atoms with Crippen LogP contribution >= 0.6 is 0 Å². The van der Waals surface area contributed by atoms with Gasteiger partial charge in [-0.2, -0.15) is 0 Å². The van der Waals surface area contributed by atoms with Crippen molar-refractivity contribution in [3.8, 4) is 0 Å². The summed E-state index contributed by atoms with van der Waals surface area (Å²) < 4.78 is 0. The van der Waals surface area contributed by atoms with E-state index in [-0.39, 0.29) is 5.69 Å². The van der Waals surface area contributed by atoms with Crippen molar-refractivity contribution in [1.82, 2.24) is 9.88 Å². The number of carbonyl (C=O) groups is 1. The highest BCUT2D eigenvalue weighted by Crippen LogP contribution is 2.15. The van der Waals surface area contributed by atoms with Crippen LogP contribution in [0.5, 0.6) is 0 Å². The van der Waals surface area contributed by atoms with Crippen LogP contribution in [0, 0.1) is 5.92 Å². The third kappa shape index (κ3) is 5.26. The molecule has 0 spiro atoms. The third-order valence-electron chi connectivity index (χ3n) is 2.73. The molecule has 5 heteroatoms. The summed E-state index contributed by atoms with van der Waals surface area (Å²) >= 11 is 0. The lowest BCUT2D eigenvalue weighted by Gasteiger charge is -2.27. The Morgan fingerprint density at radius 1 is 1.32 bits per heavy atom. The number of carboxylic acid groups (broad SMARTS) is 1. The minimum Gasteiger partial charge on any atom is -0.477 e. The second kappa shape index (κ2) is 7.09. The highest BCUT2D eigenvalue weighted by atomic mass is 16.4. The van der Waals surface area contributed by atoms with Gasteiger partial charge in [0.25, 0.3) is 0 Å². The number of nitrogens with zero attached hydrogens (tertiary/aromatic N) is 3. The molecule has 0 fully saturated rings. The summed E-state index contributed by atoms with van der Waals surface area (Å²) in [5, 5.41) is 8.85. The summed E-state index contributed by atoms with van der Waals surface area (Å²) in [6.45, 7) is 7.12. The van der Waals surface area contributed by atoms with Crippen molar-refractivity contribution in [2.24, 2.45) is 5.92 Å². The van der Waals surface area contributed by atoms with Crippen molar-refractivity contribution in [3.05, 3.63) is 24.0 Å². The fraction of sp³-hybridized carbons (Fsp3) is 0.571. The second-order valence-electron chi connectivity index (χ2n) is 5.35. The maximum absolute atomic E-state index is 10.8. The SMILES string of the molecule is CC(C)CN(CCN(C)C)c1ccc(C(=O)O)nc1. The summed E-state index contributed by atoms with van der Waals surface area (Å²) in [4.78, 5) is 19.1. The Labute approximate surface area is 114 Å². The van der Waals surface area contributed by atoms with Gasteiger partial charge in [0.05, 0.1) is 11.9 Å². The molecule has 5 nitrogen and oxygen atoms in total. The quantitative estimate of drug-likeness (QED) is 0.814. The molecule has 0 bridgehead atoms. The van der Waals surface area contributed by atoms with E-state index in [1.165, 1.54) is 0 Å². The average Bonchev–Trinajstić information content (AvgIpc) is 2.34. The second-order valence-corrected chi connectivity index (χ2v) is 5.35. The van der Waals surface area contributed by atoms with Crippen molar-refractivity contribution in [2.75, 3.05) is 38.6 Å². The fourth-order valence-electron chi connectivity index (χ4n) is 1.79. The molecule has 1 rings (SSSR count). The van der Waals surface area contributed by atoms with Crippen LogP contribution in [-0.2, 0) is 0 Å². The van der Waals surface area contributed by atoms with Gasteiger partial charge in [0.1, 0.15) is 5.69 Å². The van der Waals surface area contributed by atoms with Gasteiger partial charge in [0.15, 0.2) is 0 Å². The van der Waals surface area contributed by atoms with E-state index in [4.69, 9.17) is 5.11 Å². The first-order valence-corrected chi connectivity index (χ1v) is 6.49. The number of aromatic carboxylic acids is 1. The lowest BCUT2D eigenvalue weighted by molar-refractivity contribution is 0.0690. The summed E-state index contributed by atoms with van der Waals surface area (Å²) in [6, 6.07) is 3.38. The number of rotatable bonds is 7. The number of hydrogen-bond acceptors (Lipinski definition) is 4. The van der Waals surface area contributed by atoms with Gasteiger partial charge in [0, 0.05) is 19.6 Å². The number of anilines is 1. The first kappa shape index (κ1) is 15.4. The van der Waals surface area contributed by atoms with Crippen LogP contribution in [-0.4, -0.2) is 54.7 Å². The number of carboxylic acids is 1. The van der Waals surface area contributed by atoms with Crippen LogP contribution in [0.1, 0.15) is 24.3 Å². The summed E-state index contributed by atoms with van der Waals surface area (Å²) in [7, 11) is 4.08. The van der Waals surface area contributed by atoms with Crippen LogP contribution in [0.3, 0.4) is 0 Å². The van der Waals surface area contributed by atoms with Crippen LogP contribution in [0.15, 0.2) is 18.3 Å². The molecule has 0 aliphatic carbocycles. The van der Waals surface area contributed by atoms with Crippen LogP contribution in [0.4, 0.5) is 5.69 Å². The first-order valence-electron chi connectivity index (χ1n) is 6.49. The predicted molar refractivity (Wildman–Crippen MR) is 76.8 cm³/mol. The molecule has 0 radical (unpaired) electrons. The van der Waals surface area contributed by atoms with Gasteiger partial charge in [-0.05, 0) is 32.1 Å². The van der Waals surface area contributed by atoms with Crippen molar-refractivity contribution in [2.45, 2.75) is 13.8 Å². The van der Waals surface area contributed by atoms with E-state index in [0.717, 1.165) is 25.3 Å². The molecule has 106 valence electrons. The fourth-order valence-corrected chi connectivity index (χ4v) is 1.79. The smallest absolute Gasteiger partial charge is 0.354 e. The Morgan fingerprint density at radius 2 is 2.00 bits per heavy atom. The number of pyridine rings is 1. The summed E-state index contributed by atoms with van der Waals surface area (Å²) in [6.07, 6.45) is 1.64. The predicted octanol–water partition coefficient (Wildman–Crippen LogP) is 1.80. The zero-order chi connectivity index (χ0) is 14.4. The first-order chi connectivity index (χ1) is 8.90. The molecular formula is C14H23N3O2. The highest BCUT2D eigenvalue weighted by molar-refractivity contribution is 5.85. The Hall–Kier alpha value is -1.62. The van der Waals surface area contributed by atoms with E-state index >= 15 is 0 Å². The lowest BCUT2D eigenvalue weighted by Crippen LogP contribution is -2.34. The Bertz CT molecular complexity index is 402. The molecule has 0 amide bonds. The van der Waals surface area contributed by atoms with Crippen LogP contribution in [0.25, 0.3) is 0 Å². The monoisotopic (exact) mass is 265 g/mol. The van der Waals surface area contributed by atoms with Gasteiger partial charge in [-0.15, -0.1) is 0 Å². The van der Waals surface area contributed by atoms with E-state index in [2.05, 4.69) is 28.6 Å². The Morgan fingerprint density at radius 3 is 2.42 bits per heavy atom. The van der Waals surface area contributed by atoms with E-state index in [1.807, 2.05) is 20.2 Å². The van der Waals surface area contributed by atoms with Crippen molar-refractivity contribution in [3.63, 3.8) is 0 Å². The molecular weight excluding hydrogens is 242 g/mol. The highest BCUT2D eigenvalue weighted by Gasteiger charge is 2.11. The van der Waals surface area contributed by atoms with E-state index < -0.39 is 5.97 Å². The van der Waals surface area contributed by atoms with Gasteiger partial charge >= 0.3 is 5.97 Å². The van der Waals surface area contributed by atoms with Crippen LogP contribution < -0.4 is 4.90 Å². The molecule has 0 aliphatic heterocycles. The topological polar surface area (TPSA) is 56.7 Å². The Kier molecular flexibility index (Phi) is 5.76. The lowest BCUT2D eigenvalue weighted by atomic mass is 10.2. The molecule has 0 saturated carbocycles. The normalized spacial score (nSPS) is 11.1. The molecule has 0 aromatic carbocycles. The number of aromatic nitrogens is 1. The average molecular weight is 265 g/mol.